The van der Waals surface area contributed by atoms with E-state index in [1.807, 2.05) is 0 Å². The molecule has 2 rings (SSSR count). The average molecular weight is 258 g/mol. The maximum absolute atomic E-state index is 12.2. The lowest BCUT2D eigenvalue weighted by molar-refractivity contribution is -0.141. The van der Waals surface area contributed by atoms with Crippen molar-refractivity contribution in [1.82, 2.24) is 9.80 Å². The summed E-state index contributed by atoms with van der Waals surface area (Å²) in [6.45, 7) is 3.59. The van der Waals surface area contributed by atoms with Crippen LogP contribution in [0.25, 0.3) is 0 Å². The summed E-state index contributed by atoms with van der Waals surface area (Å²) < 4.78 is 10.5. The minimum atomic E-state index is -0.902. The van der Waals surface area contributed by atoms with Crippen LogP contribution in [0.15, 0.2) is 0 Å². The van der Waals surface area contributed by atoms with E-state index in [-0.39, 0.29) is 12.5 Å². The molecular formula is C11H18N2O5. The van der Waals surface area contributed by atoms with Crippen LogP contribution in [0, 0.1) is 0 Å². The number of hydrogen-bond acceptors (Lipinski definition) is 4. The quantitative estimate of drug-likeness (QED) is 0.730. The summed E-state index contributed by atoms with van der Waals surface area (Å²) in [5, 5.41) is 8.73. The number of ether oxygens (including phenoxy) is 2. The Morgan fingerprint density at radius 3 is 2.44 bits per heavy atom. The van der Waals surface area contributed by atoms with E-state index in [0.29, 0.717) is 46.0 Å². The number of carboxylic acid groups (broad SMARTS) is 1. The van der Waals surface area contributed by atoms with Crippen LogP contribution in [-0.2, 0) is 14.3 Å². The van der Waals surface area contributed by atoms with Gasteiger partial charge in [-0.3, -0.25) is 4.79 Å². The Kier molecular flexibility index (Phi) is 4.38. The van der Waals surface area contributed by atoms with E-state index in [1.165, 1.54) is 0 Å². The maximum Gasteiger partial charge on any atom is 0.320 e. The zero-order valence-electron chi connectivity index (χ0n) is 10.2. The van der Waals surface area contributed by atoms with Crippen molar-refractivity contribution in [1.29, 1.82) is 0 Å². The number of aliphatic carboxylic acids is 1. The molecular weight excluding hydrogens is 240 g/mol. The highest BCUT2D eigenvalue weighted by Gasteiger charge is 2.29. The van der Waals surface area contributed by atoms with Gasteiger partial charge in [0.05, 0.1) is 32.3 Å². The average Bonchev–Trinajstić information content (AvgIpc) is 2.38. The Hall–Kier alpha value is -1.34. The lowest BCUT2D eigenvalue weighted by atomic mass is 10.2. The van der Waals surface area contributed by atoms with Crippen LogP contribution >= 0.6 is 0 Å². The topological polar surface area (TPSA) is 79.3 Å². The van der Waals surface area contributed by atoms with Gasteiger partial charge in [0.2, 0.25) is 0 Å². The zero-order chi connectivity index (χ0) is 13.0. The molecule has 2 aliphatic heterocycles. The predicted octanol–water partition coefficient (Wildman–Crippen LogP) is -0.386. The van der Waals surface area contributed by atoms with Crippen LogP contribution in [0.4, 0.5) is 4.79 Å². The number of carbonyl (C=O) groups excluding carboxylic acids is 1. The van der Waals surface area contributed by atoms with Gasteiger partial charge in [-0.2, -0.15) is 0 Å². The third-order valence-corrected chi connectivity index (χ3v) is 3.09. The minimum Gasteiger partial charge on any atom is -0.481 e. The van der Waals surface area contributed by atoms with Crippen molar-refractivity contribution in [3.8, 4) is 0 Å². The van der Waals surface area contributed by atoms with Gasteiger partial charge in [0.15, 0.2) is 0 Å². The molecule has 0 aliphatic carbocycles. The molecule has 2 fully saturated rings. The van der Waals surface area contributed by atoms with Crippen LogP contribution in [0.2, 0.25) is 0 Å². The molecule has 0 aromatic rings. The van der Waals surface area contributed by atoms with E-state index in [2.05, 4.69) is 0 Å². The summed E-state index contributed by atoms with van der Waals surface area (Å²) in [5.41, 5.74) is 0. The summed E-state index contributed by atoms with van der Waals surface area (Å²) >= 11 is 0. The molecule has 0 bridgehead atoms. The molecule has 0 spiro atoms. The van der Waals surface area contributed by atoms with Crippen molar-refractivity contribution in [3.63, 3.8) is 0 Å². The Balaban J connectivity index is 1.87. The first-order valence-electron chi connectivity index (χ1n) is 6.12. The highest BCUT2D eigenvalue weighted by Crippen LogP contribution is 2.12. The summed E-state index contributed by atoms with van der Waals surface area (Å²) in [5.74, 6) is -0.902. The first-order chi connectivity index (χ1) is 8.66. The van der Waals surface area contributed by atoms with Gasteiger partial charge in [0, 0.05) is 26.2 Å². The van der Waals surface area contributed by atoms with Gasteiger partial charge < -0.3 is 24.4 Å². The molecule has 18 heavy (non-hydrogen) atoms. The second kappa shape index (κ2) is 6.01. The van der Waals surface area contributed by atoms with Crippen molar-refractivity contribution in [2.24, 2.45) is 0 Å². The SMILES string of the molecule is O=C(O)CC1CN(C(=O)N2CCOCC2)CCO1. The highest BCUT2D eigenvalue weighted by molar-refractivity contribution is 5.75. The summed E-state index contributed by atoms with van der Waals surface area (Å²) in [6, 6.07) is -0.0445. The minimum absolute atomic E-state index is 0.0445. The van der Waals surface area contributed by atoms with E-state index < -0.39 is 12.1 Å². The van der Waals surface area contributed by atoms with E-state index in [9.17, 15) is 9.59 Å². The van der Waals surface area contributed by atoms with E-state index in [4.69, 9.17) is 14.6 Å². The van der Waals surface area contributed by atoms with E-state index in [1.54, 1.807) is 9.80 Å². The van der Waals surface area contributed by atoms with Crippen LogP contribution in [0.1, 0.15) is 6.42 Å². The Morgan fingerprint density at radius 1 is 1.11 bits per heavy atom. The number of nitrogens with zero attached hydrogens (tertiary/aromatic N) is 2. The van der Waals surface area contributed by atoms with Gasteiger partial charge in [-0.05, 0) is 0 Å². The maximum atomic E-state index is 12.2. The van der Waals surface area contributed by atoms with Crippen molar-refractivity contribution < 1.29 is 24.2 Å². The summed E-state index contributed by atoms with van der Waals surface area (Å²) in [7, 11) is 0. The Labute approximate surface area is 105 Å². The molecule has 7 nitrogen and oxygen atoms in total. The van der Waals surface area contributed by atoms with E-state index in [0.717, 1.165) is 0 Å². The molecule has 0 aromatic heterocycles. The second-order valence-electron chi connectivity index (χ2n) is 4.42. The normalized spacial score (nSPS) is 25.0. The van der Waals surface area contributed by atoms with Crippen LogP contribution in [0.5, 0.6) is 0 Å². The van der Waals surface area contributed by atoms with Crippen molar-refractivity contribution in [2.45, 2.75) is 12.5 Å². The number of carbonyl (C=O) groups is 2. The molecule has 0 radical (unpaired) electrons. The molecule has 102 valence electrons. The Morgan fingerprint density at radius 2 is 1.78 bits per heavy atom. The standard InChI is InChI=1S/C11H18N2O5/c14-10(15)7-9-8-13(3-6-18-9)11(16)12-1-4-17-5-2-12/h9H,1-8H2,(H,14,15). The van der Waals surface area contributed by atoms with Gasteiger partial charge in [-0.15, -0.1) is 0 Å². The zero-order valence-corrected chi connectivity index (χ0v) is 10.2. The first kappa shape index (κ1) is 13.1. The highest BCUT2D eigenvalue weighted by atomic mass is 16.5. The third kappa shape index (κ3) is 3.33. The largest absolute Gasteiger partial charge is 0.481 e. The first-order valence-corrected chi connectivity index (χ1v) is 6.12. The van der Waals surface area contributed by atoms with Gasteiger partial charge in [0.1, 0.15) is 0 Å². The number of carboxylic acids is 1. The molecule has 2 aliphatic rings. The smallest absolute Gasteiger partial charge is 0.320 e. The molecule has 1 atom stereocenters. The van der Waals surface area contributed by atoms with Crippen LogP contribution in [-0.4, -0.2) is 79.0 Å². The molecule has 2 saturated heterocycles. The molecule has 7 heteroatoms. The summed E-state index contributed by atoms with van der Waals surface area (Å²) in [6.07, 6.45) is -0.464. The van der Waals surface area contributed by atoms with Crippen molar-refractivity contribution in [2.75, 3.05) is 46.0 Å². The molecule has 0 saturated carbocycles. The molecule has 1 unspecified atom stereocenters. The fourth-order valence-corrected chi connectivity index (χ4v) is 2.17. The van der Waals surface area contributed by atoms with Gasteiger partial charge in [-0.1, -0.05) is 0 Å². The molecule has 1 N–H and O–H groups in total. The lowest BCUT2D eigenvalue weighted by Crippen LogP contribution is -2.53. The monoisotopic (exact) mass is 258 g/mol. The number of amides is 2. The number of hydrogen-bond donors (Lipinski definition) is 1. The summed E-state index contributed by atoms with van der Waals surface area (Å²) in [4.78, 5) is 26.2. The van der Waals surface area contributed by atoms with Gasteiger partial charge in [0.25, 0.3) is 0 Å². The molecule has 2 amide bonds. The fourth-order valence-electron chi connectivity index (χ4n) is 2.17. The molecule has 2 heterocycles. The Bertz CT molecular complexity index is 317. The van der Waals surface area contributed by atoms with Crippen LogP contribution in [0.3, 0.4) is 0 Å². The number of rotatable bonds is 2. The van der Waals surface area contributed by atoms with Gasteiger partial charge in [-0.25, -0.2) is 4.79 Å². The van der Waals surface area contributed by atoms with Crippen molar-refractivity contribution in [3.05, 3.63) is 0 Å². The molecule has 0 aromatic carbocycles. The number of urea groups is 1. The third-order valence-electron chi connectivity index (χ3n) is 3.09. The van der Waals surface area contributed by atoms with E-state index >= 15 is 0 Å². The van der Waals surface area contributed by atoms with Gasteiger partial charge >= 0.3 is 12.0 Å². The predicted molar refractivity (Wildman–Crippen MR) is 61.4 cm³/mol. The number of morpholine rings is 2. The lowest BCUT2D eigenvalue weighted by Gasteiger charge is -2.37. The fraction of sp³-hybridized carbons (Fsp3) is 0.818. The second-order valence-corrected chi connectivity index (χ2v) is 4.42. The van der Waals surface area contributed by atoms with Crippen LogP contribution < -0.4 is 0 Å². The van der Waals surface area contributed by atoms with Crippen molar-refractivity contribution >= 4 is 12.0 Å².